The number of hydrogen-bond donors (Lipinski definition) is 2. The van der Waals surface area contributed by atoms with Crippen molar-refractivity contribution in [3.8, 4) is 0 Å². The van der Waals surface area contributed by atoms with Crippen LogP contribution in [0, 0.1) is 5.82 Å². The van der Waals surface area contributed by atoms with Gasteiger partial charge in [0.15, 0.2) is 5.82 Å². The van der Waals surface area contributed by atoms with Gasteiger partial charge in [0.2, 0.25) is 0 Å². The molecule has 78 valence electrons. The van der Waals surface area contributed by atoms with Crippen molar-refractivity contribution in [2.45, 2.75) is 6.04 Å². The van der Waals surface area contributed by atoms with Gasteiger partial charge in [0.05, 0.1) is 11.1 Å². The van der Waals surface area contributed by atoms with Gasteiger partial charge in [-0.25, -0.2) is 4.39 Å². The Morgan fingerprint density at radius 1 is 1.47 bits per heavy atom. The first kappa shape index (κ1) is 10.0. The molecule has 15 heavy (non-hydrogen) atoms. The van der Waals surface area contributed by atoms with Crippen LogP contribution in [0.3, 0.4) is 0 Å². The van der Waals surface area contributed by atoms with Crippen molar-refractivity contribution in [1.82, 2.24) is 20.6 Å². The molecular weight excluding hydrogens is 221 g/mol. The standard InChI is InChI=1S/C8H7ClFN5/c9-5-2-1-4(3-6(5)10)7(11)8-12-14-15-13-8/h1-3,7H,11H2,(H,12,13,14,15)/t7-/m1/s1. The van der Waals surface area contributed by atoms with Gasteiger partial charge in [0.1, 0.15) is 5.82 Å². The molecule has 0 unspecified atom stereocenters. The Bertz CT molecular complexity index is 458. The predicted molar refractivity (Wildman–Crippen MR) is 51.6 cm³/mol. The van der Waals surface area contributed by atoms with Crippen molar-refractivity contribution < 1.29 is 4.39 Å². The Hall–Kier alpha value is -1.53. The molecule has 1 aromatic carbocycles. The van der Waals surface area contributed by atoms with Gasteiger partial charge in [-0.3, -0.25) is 0 Å². The summed E-state index contributed by atoms with van der Waals surface area (Å²) in [6, 6.07) is 3.69. The first-order chi connectivity index (χ1) is 7.18. The van der Waals surface area contributed by atoms with Gasteiger partial charge in [0, 0.05) is 0 Å². The minimum absolute atomic E-state index is 0.0547. The molecule has 3 N–H and O–H groups in total. The summed E-state index contributed by atoms with van der Waals surface area (Å²) in [6.07, 6.45) is 0. The van der Waals surface area contributed by atoms with E-state index in [0.717, 1.165) is 0 Å². The Labute approximate surface area is 89.4 Å². The molecule has 0 spiro atoms. The molecular formula is C8H7ClFN5. The summed E-state index contributed by atoms with van der Waals surface area (Å²) in [5, 5.41) is 13.1. The summed E-state index contributed by atoms with van der Waals surface area (Å²) < 4.78 is 13.1. The van der Waals surface area contributed by atoms with Crippen molar-refractivity contribution in [3.05, 3.63) is 40.4 Å². The lowest BCUT2D eigenvalue weighted by atomic mass is 10.1. The first-order valence-electron chi connectivity index (χ1n) is 4.12. The van der Waals surface area contributed by atoms with E-state index in [-0.39, 0.29) is 5.02 Å². The SMILES string of the molecule is N[C@H](c1ccc(Cl)c(F)c1)c1nn[nH]n1. The molecule has 0 aliphatic rings. The third-order valence-corrected chi connectivity index (χ3v) is 2.25. The molecule has 0 radical (unpaired) electrons. The molecule has 1 heterocycles. The van der Waals surface area contributed by atoms with Gasteiger partial charge < -0.3 is 5.73 Å². The molecule has 0 saturated carbocycles. The van der Waals surface area contributed by atoms with Crippen LogP contribution in [0.15, 0.2) is 18.2 Å². The maximum absolute atomic E-state index is 13.1. The maximum Gasteiger partial charge on any atom is 0.195 e. The van der Waals surface area contributed by atoms with Crippen LogP contribution in [0.25, 0.3) is 0 Å². The monoisotopic (exact) mass is 227 g/mol. The van der Waals surface area contributed by atoms with Crippen LogP contribution in [0.4, 0.5) is 4.39 Å². The number of tetrazole rings is 1. The molecule has 1 aromatic heterocycles. The highest BCUT2D eigenvalue weighted by molar-refractivity contribution is 6.30. The second-order valence-electron chi connectivity index (χ2n) is 2.92. The molecule has 0 saturated heterocycles. The largest absolute Gasteiger partial charge is 0.318 e. The average Bonchev–Trinajstić information content (AvgIpc) is 2.74. The number of aromatic amines is 1. The fourth-order valence-electron chi connectivity index (χ4n) is 1.16. The van der Waals surface area contributed by atoms with E-state index in [1.807, 2.05) is 0 Å². The highest BCUT2D eigenvalue weighted by Crippen LogP contribution is 2.21. The second-order valence-corrected chi connectivity index (χ2v) is 3.33. The zero-order chi connectivity index (χ0) is 10.8. The van der Waals surface area contributed by atoms with Crippen molar-refractivity contribution in [1.29, 1.82) is 0 Å². The molecule has 0 aliphatic heterocycles. The van der Waals surface area contributed by atoms with Gasteiger partial charge in [0.25, 0.3) is 0 Å². The number of nitrogens with zero attached hydrogens (tertiary/aromatic N) is 3. The summed E-state index contributed by atoms with van der Waals surface area (Å²) in [4.78, 5) is 0. The second kappa shape index (κ2) is 3.92. The van der Waals surface area contributed by atoms with Crippen LogP contribution < -0.4 is 5.73 Å². The van der Waals surface area contributed by atoms with E-state index in [1.54, 1.807) is 6.07 Å². The summed E-state index contributed by atoms with van der Waals surface area (Å²) in [5.41, 5.74) is 6.33. The van der Waals surface area contributed by atoms with Crippen LogP contribution in [0.1, 0.15) is 17.4 Å². The molecule has 0 aliphatic carbocycles. The predicted octanol–water partition coefficient (Wildman–Crippen LogP) is 1.04. The Morgan fingerprint density at radius 3 is 2.87 bits per heavy atom. The molecule has 7 heteroatoms. The number of rotatable bonds is 2. The highest BCUT2D eigenvalue weighted by atomic mass is 35.5. The molecule has 0 fully saturated rings. The number of hydrogen-bond acceptors (Lipinski definition) is 4. The third kappa shape index (κ3) is 1.95. The number of halogens is 2. The van der Waals surface area contributed by atoms with E-state index in [1.165, 1.54) is 12.1 Å². The molecule has 2 aromatic rings. The zero-order valence-corrected chi connectivity index (χ0v) is 8.24. The van der Waals surface area contributed by atoms with Gasteiger partial charge in [-0.2, -0.15) is 5.21 Å². The van der Waals surface area contributed by atoms with E-state index in [2.05, 4.69) is 20.6 Å². The number of benzene rings is 1. The summed E-state index contributed by atoms with van der Waals surface area (Å²) in [5.74, 6) is -0.218. The Morgan fingerprint density at radius 2 is 2.27 bits per heavy atom. The molecule has 2 rings (SSSR count). The van der Waals surface area contributed by atoms with Crippen molar-refractivity contribution in [2.24, 2.45) is 5.73 Å². The molecule has 1 atom stereocenters. The number of nitrogens with two attached hydrogens (primary N) is 1. The van der Waals surface area contributed by atoms with E-state index in [9.17, 15) is 4.39 Å². The topological polar surface area (TPSA) is 80.5 Å². The van der Waals surface area contributed by atoms with Crippen LogP contribution in [-0.4, -0.2) is 20.6 Å². The highest BCUT2D eigenvalue weighted by Gasteiger charge is 2.14. The maximum atomic E-state index is 13.1. The Balaban J connectivity index is 2.34. The van der Waals surface area contributed by atoms with Gasteiger partial charge in [-0.05, 0) is 17.7 Å². The van der Waals surface area contributed by atoms with Crippen LogP contribution in [-0.2, 0) is 0 Å². The number of aromatic nitrogens is 4. The van der Waals surface area contributed by atoms with E-state index < -0.39 is 11.9 Å². The minimum Gasteiger partial charge on any atom is -0.318 e. The molecule has 0 bridgehead atoms. The molecule has 0 amide bonds. The van der Waals surface area contributed by atoms with Crippen LogP contribution >= 0.6 is 11.6 Å². The van der Waals surface area contributed by atoms with E-state index in [0.29, 0.717) is 11.4 Å². The number of nitrogens with one attached hydrogen (secondary N) is 1. The van der Waals surface area contributed by atoms with Gasteiger partial charge in [-0.1, -0.05) is 22.9 Å². The normalized spacial score (nSPS) is 12.7. The van der Waals surface area contributed by atoms with Crippen LogP contribution in [0.2, 0.25) is 5.02 Å². The lowest BCUT2D eigenvalue weighted by Gasteiger charge is -2.07. The number of H-pyrrole nitrogens is 1. The van der Waals surface area contributed by atoms with Gasteiger partial charge in [-0.15, -0.1) is 10.2 Å². The summed E-state index contributed by atoms with van der Waals surface area (Å²) in [6.45, 7) is 0. The minimum atomic E-state index is -0.615. The Kier molecular flexibility index (Phi) is 2.61. The lowest BCUT2D eigenvalue weighted by Crippen LogP contribution is -2.14. The summed E-state index contributed by atoms with van der Waals surface area (Å²) in [7, 11) is 0. The quantitative estimate of drug-likeness (QED) is 0.803. The average molecular weight is 228 g/mol. The van der Waals surface area contributed by atoms with Crippen molar-refractivity contribution in [3.63, 3.8) is 0 Å². The fraction of sp³-hybridized carbons (Fsp3) is 0.125. The molecule has 5 nitrogen and oxygen atoms in total. The van der Waals surface area contributed by atoms with E-state index in [4.69, 9.17) is 17.3 Å². The zero-order valence-electron chi connectivity index (χ0n) is 7.48. The van der Waals surface area contributed by atoms with Crippen molar-refractivity contribution in [2.75, 3.05) is 0 Å². The third-order valence-electron chi connectivity index (χ3n) is 1.94. The van der Waals surface area contributed by atoms with Crippen LogP contribution in [0.5, 0.6) is 0 Å². The van der Waals surface area contributed by atoms with Gasteiger partial charge >= 0.3 is 0 Å². The first-order valence-corrected chi connectivity index (χ1v) is 4.50. The smallest absolute Gasteiger partial charge is 0.195 e. The lowest BCUT2D eigenvalue weighted by molar-refractivity contribution is 0.623. The van der Waals surface area contributed by atoms with Crippen molar-refractivity contribution >= 4 is 11.6 Å². The van der Waals surface area contributed by atoms with E-state index >= 15 is 0 Å². The summed E-state index contributed by atoms with van der Waals surface area (Å²) >= 11 is 5.54. The fourth-order valence-corrected chi connectivity index (χ4v) is 1.27.